The molecule has 10 nitrogen and oxygen atoms in total. The molecule has 0 aliphatic carbocycles. The molecule has 0 unspecified atom stereocenters. The number of carbonyl (C=O) groups is 2. The number of aromatic nitrogens is 8. The normalized spacial score (nSPS) is 10.4. The number of aryl methyl sites for hydroxylation is 2. The molecule has 0 aliphatic heterocycles. The molecule has 0 saturated carbocycles. The fourth-order valence-corrected chi connectivity index (χ4v) is 2.81. The van der Waals surface area contributed by atoms with Crippen molar-refractivity contribution in [1.82, 2.24) is 40.4 Å². The van der Waals surface area contributed by atoms with Crippen LogP contribution in [0.15, 0.2) is 48.5 Å². The third-order valence-electron chi connectivity index (χ3n) is 4.23. The Morgan fingerprint density at radius 3 is 1.75 bits per heavy atom. The van der Waals surface area contributed by atoms with Gasteiger partial charge in [0, 0.05) is 28.2 Å². The molecule has 0 N–H and O–H groups in total. The van der Waals surface area contributed by atoms with Crippen LogP contribution in [0, 0.1) is 0 Å². The fraction of sp³-hybridized carbons (Fsp3) is 0.200. The van der Waals surface area contributed by atoms with E-state index in [1.165, 1.54) is 9.48 Å². The maximum absolute atomic E-state index is 11.8. The van der Waals surface area contributed by atoms with Crippen molar-refractivity contribution >= 4 is 34.8 Å². The first-order valence-corrected chi connectivity index (χ1v) is 10.1. The highest BCUT2D eigenvalue weighted by Gasteiger charge is 2.12. The summed E-state index contributed by atoms with van der Waals surface area (Å²) in [6.07, 6.45) is 0.334. The zero-order valence-electron chi connectivity index (χ0n) is 17.2. The van der Waals surface area contributed by atoms with Crippen molar-refractivity contribution in [2.45, 2.75) is 12.8 Å². The first-order valence-electron chi connectivity index (χ1n) is 9.33. The monoisotopic (exact) mass is 472 g/mol. The summed E-state index contributed by atoms with van der Waals surface area (Å²) in [7, 11) is 3.35. The number of hydrogen-bond donors (Lipinski definition) is 0. The third kappa shape index (κ3) is 6.50. The molecule has 2 aromatic heterocycles. The number of benzene rings is 2. The third-order valence-corrected chi connectivity index (χ3v) is 4.73. The first-order chi connectivity index (χ1) is 15.3. The maximum Gasteiger partial charge on any atom is 0.182 e. The highest BCUT2D eigenvalue weighted by molar-refractivity contribution is 6.31. The summed E-state index contributed by atoms with van der Waals surface area (Å²) in [5, 5.41) is 23.5. The van der Waals surface area contributed by atoms with Gasteiger partial charge >= 0.3 is 0 Å². The van der Waals surface area contributed by atoms with Crippen LogP contribution < -0.4 is 0 Å². The molecule has 0 fully saturated rings. The topological polar surface area (TPSA) is 121 Å². The number of halogens is 2. The average Bonchev–Trinajstić information content (AvgIpc) is 3.37. The number of ketones is 2. The van der Waals surface area contributed by atoms with E-state index >= 15 is 0 Å². The molecule has 2 aromatic carbocycles. The van der Waals surface area contributed by atoms with Crippen LogP contribution in [0.5, 0.6) is 0 Å². The molecule has 0 radical (unpaired) electrons. The van der Waals surface area contributed by atoms with E-state index in [9.17, 15) is 9.59 Å². The highest BCUT2D eigenvalue weighted by atomic mass is 35.5. The van der Waals surface area contributed by atoms with Crippen molar-refractivity contribution in [2.75, 3.05) is 0 Å². The minimum Gasteiger partial charge on any atom is -0.294 e. The lowest BCUT2D eigenvalue weighted by Crippen LogP contribution is -2.08. The van der Waals surface area contributed by atoms with Gasteiger partial charge in [0.15, 0.2) is 23.2 Å². The van der Waals surface area contributed by atoms with Gasteiger partial charge in [-0.15, -0.1) is 15.3 Å². The summed E-state index contributed by atoms with van der Waals surface area (Å²) in [6, 6.07) is 13.5. The first kappa shape index (κ1) is 23.2. The largest absolute Gasteiger partial charge is 0.294 e. The molecule has 2 heterocycles. The van der Waals surface area contributed by atoms with Gasteiger partial charge in [-0.25, -0.2) is 4.68 Å². The standard InChI is InChI=1S/2C10H9ClN4O/c1-15-10(12-13-14-15)6-9(16)7-2-4-8(11)5-3-7;1-15-13-10(12-14-15)6-9(16)7-2-4-8(11)5-3-7/h2*2-5H,6H2,1H3. The van der Waals surface area contributed by atoms with E-state index in [1.54, 1.807) is 62.6 Å². The predicted octanol–water partition coefficient (Wildman–Crippen LogP) is 2.58. The van der Waals surface area contributed by atoms with Crippen LogP contribution >= 0.6 is 23.2 Å². The molecule has 0 saturated heterocycles. The summed E-state index contributed by atoms with van der Waals surface area (Å²) in [4.78, 5) is 24.9. The molecule has 4 rings (SSSR count). The Morgan fingerprint density at radius 2 is 1.31 bits per heavy atom. The minimum atomic E-state index is -0.0512. The van der Waals surface area contributed by atoms with Gasteiger partial charge in [-0.3, -0.25) is 9.59 Å². The molecule has 0 spiro atoms. The molecule has 164 valence electrons. The van der Waals surface area contributed by atoms with E-state index in [0.29, 0.717) is 32.8 Å². The van der Waals surface area contributed by atoms with Crippen LogP contribution in [0.3, 0.4) is 0 Å². The van der Waals surface area contributed by atoms with E-state index < -0.39 is 0 Å². The molecule has 0 atom stereocenters. The molecule has 0 amide bonds. The zero-order valence-corrected chi connectivity index (χ0v) is 18.7. The Balaban J connectivity index is 0.000000181. The Kier molecular flexibility index (Phi) is 7.74. The van der Waals surface area contributed by atoms with Crippen molar-refractivity contribution in [3.63, 3.8) is 0 Å². The van der Waals surface area contributed by atoms with E-state index in [1.807, 2.05) is 0 Å². The van der Waals surface area contributed by atoms with Crippen molar-refractivity contribution in [3.05, 3.63) is 81.4 Å². The molecule has 0 bridgehead atoms. The second-order valence-corrected chi connectivity index (χ2v) is 7.50. The van der Waals surface area contributed by atoms with Crippen LogP contribution in [-0.2, 0) is 26.9 Å². The van der Waals surface area contributed by atoms with Crippen molar-refractivity contribution in [1.29, 1.82) is 0 Å². The Hall–Kier alpha value is -3.50. The fourth-order valence-electron chi connectivity index (χ4n) is 2.55. The summed E-state index contributed by atoms with van der Waals surface area (Å²) in [5.74, 6) is 0.877. The van der Waals surface area contributed by atoms with Crippen molar-refractivity contribution in [2.24, 2.45) is 14.1 Å². The predicted molar refractivity (Wildman–Crippen MR) is 117 cm³/mol. The second-order valence-electron chi connectivity index (χ2n) is 6.63. The van der Waals surface area contributed by atoms with E-state index in [4.69, 9.17) is 23.2 Å². The number of rotatable bonds is 6. The highest BCUT2D eigenvalue weighted by Crippen LogP contribution is 2.12. The van der Waals surface area contributed by atoms with Gasteiger partial charge in [0.05, 0.1) is 19.9 Å². The number of nitrogens with zero attached hydrogens (tertiary/aromatic N) is 8. The molecule has 32 heavy (non-hydrogen) atoms. The molecular weight excluding hydrogens is 455 g/mol. The molecular formula is C20H18Cl2N8O2. The SMILES string of the molecule is Cn1nnc(CC(=O)c2ccc(Cl)cc2)n1.Cn1nnnc1CC(=O)c1ccc(Cl)cc1. The summed E-state index contributed by atoms with van der Waals surface area (Å²) in [6.45, 7) is 0. The second kappa shape index (κ2) is 10.7. The van der Waals surface area contributed by atoms with E-state index in [0.717, 1.165) is 0 Å². The Labute approximate surface area is 193 Å². The van der Waals surface area contributed by atoms with Gasteiger partial charge in [0.1, 0.15) is 0 Å². The zero-order chi connectivity index (χ0) is 23.1. The summed E-state index contributed by atoms with van der Waals surface area (Å²) >= 11 is 11.5. The lowest BCUT2D eigenvalue weighted by Gasteiger charge is -1.99. The lowest BCUT2D eigenvalue weighted by atomic mass is 10.1. The quantitative estimate of drug-likeness (QED) is 0.392. The van der Waals surface area contributed by atoms with Crippen LogP contribution in [0.4, 0.5) is 0 Å². The smallest absolute Gasteiger partial charge is 0.182 e. The molecule has 4 aromatic rings. The number of tetrazole rings is 2. The van der Waals surface area contributed by atoms with Crippen LogP contribution in [0.25, 0.3) is 0 Å². The lowest BCUT2D eigenvalue weighted by molar-refractivity contribution is 0.0982. The average molecular weight is 473 g/mol. The van der Waals surface area contributed by atoms with Gasteiger partial charge in [0.2, 0.25) is 0 Å². The number of carbonyl (C=O) groups excluding carboxylic acids is 2. The number of Topliss-reactive ketones (excluding diaryl/α,β-unsaturated/α-hetero) is 2. The Bertz CT molecular complexity index is 1200. The van der Waals surface area contributed by atoms with Crippen molar-refractivity contribution in [3.8, 4) is 0 Å². The number of hydrogen-bond acceptors (Lipinski definition) is 8. The maximum atomic E-state index is 11.8. The minimum absolute atomic E-state index is 0.0328. The van der Waals surface area contributed by atoms with Gasteiger partial charge < -0.3 is 0 Å². The van der Waals surface area contributed by atoms with Gasteiger partial charge in [-0.2, -0.15) is 4.80 Å². The van der Waals surface area contributed by atoms with Gasteiger partial charge in [-0.05, 0) is 64.2 Å². The molecule has 12 heteroatoms. The molecule has 0 aliphatic rings. The van der Waals surface area contributed by atoms with E-state index in [2.05, 4.69) is 30.9 Å². The van der Waals surface area contributed by atoms with Crippen LogP contribution in [0.2, 0.25) is 10.0 Å². The van der Waals surface area contributed by atoms with Crippen molar-refractivity contribution < 1.29 is 9.59 Å². The van der Waals surface area contributed by atoms with Crippen LogP contribution in [-0.4, -0.2) is 52.0 Å². The summed E-state index contributed by atoms with van der Waals surface area (Å²) in [5.41, 5.74) is 1.20. The van der Waals surface area contributed by atoms with Crippen LogP contribution in [0.1, 0.15) is 32.4 Å². The summed E-state index contributed by atoms with van der Waals surface area (Å²) < 4.78 is 1.48. The van der Waals surface area contributed by atoms with Gasteiger partial charge in [-0.1, -0.05) is 23.2 Å². The Morgan fingerprint density at radius 1 is 0.781 bits per heavy atom. The van der Waals surface area contributed by atoms with E-state index in [-0.39, 0.29) is 24.4 Å². The van der Waals surface area contributed by atoms with Gasteiger partial charge in [0.25, 0.3) is 0 Å².